The summed E-state index contributed by atoms with van der Waals surface area (Å²) in [6.45, 7) is 6.43. The van der Waals surface area contributed by atoms with Gasteiger partial charge < -0.3 is 24.6 Å². The largest absolute Gasteiger partial charge is 0.493 e. The van der Waals surface area contributed by atoms with Crippen molar-refractivity contribution in [3.8, 4) is 11.5 Å². The summed E-state index contributed by atoms with van der Waals surface area (Å²) in [5.41, 5.74) is 5.34. The van der Waals surface area contributed by atoms with Gasteiger partial charge in [-0.1, -0.05) is 13.0 Å². The summed E-state index contributed by atoms with van der Waals surface area (Å²) >= 11 is 0. The molecule has 1 spiro atoms. The van der Waals surface area contributed by atoms with E-state index in [0.29, 0.717) is 19.6 Å². The maximum absolute atomic E-state index is 13.7. The molecule has 11 heteroatoms. The molecule has 3 aliphatic rings. The van der Waals surface area contributed by atoms with Crippen LogP contribution in [0.2, 0.25) is 0 Å². The molecule has 2 fully saturated rings. The lowest BCUT2D eigenvalue weighted by Gasteiger charge is -2.46. The van der Waals surface area contributed by atoms with E-state index in [4.69, 9.17) is 14.5 Å². The van der Waals surface area contributed by atoms with Gasteiger partial charge in [-0.3, -0.25) is 9.78 Å². The molecule has 236 valence electrons. The molecule has 0 atom stereocenters. The molecule has 11 nitrogen and oxygen atoms in total. The summed E-state index contributed by atoms with van der Waals surface area (Å²) in [5.74, 6) is 2.77. The SMILES string of the molecule is CCc1cccc(Cn2ncc3c(N4CCN(C(=O)[C@H]5CC[C@@]6(CC5)NCCc5cc(OC)c(OC)cc56)CC4)ncnc32)n1. The fraction of sp³-hybridized carbons (Fsp3) is 0.500. The molecule has 45 heavy (non-hydrogen) atoms. The highest BCUT2D eigenvalue weighted by molar-refractivity contribution is 5.87. The number of carbonyl (C=O) groups excluding carboxylic acids is 1. The Bertz CT molecular complexity index is 1690. The first-order valence-electron chi connectivity index (χ1n) is 16.2. The van der Waals surface area contributed by atoms with E-state index in [1.807, 2.05) is 29.1 Å². The van der Waals surface area contributed by atoms with Crippen molar-refractivity contribution in [2.24, 2.45) is 5.92 Å². The third-order valence-corrected chi connectivity index (χ3v) is 10.0. The Balaban J connectivity index is 0.992. The van der Waals surface area contributed by atoms with E-state index in [0.717, 1.165) is 97.9 Å². The Hall–Kier alpha value is -4.25. The van der Waals surface area contributed by atoms with Crippen LogP contribution in [0, 0.1) is 5.92 Å². The van der Waals surface area contributed by atoms with Gasteiger partial charge in [0.1, 0.15) is 12.1 Å². The van der Waals surface area contributed by atoms with Crippen LogP contribution in [0.3, 0.4) is 0 Å². The molecular formula is C34H42N8O3. The summed E-state index contributed by atoms with van der Waals surface area (Å²) in [4.78, 5) is 32.0. The van der Waals surface area contributed by atoms with Crippen molar-refractivity contribution < 1.29 is 14.3 Å². The van der Waals surface area contributed by atoms with Crippen molar-refractivity contribution in [2.75, 3.05) is 51.8 Å². The molecular weight excluding hydrogens is 568 g/mol. The number of amides is 1. The number of fused-ring (bicyclic) bond motifs is 3. The van der Waals surface area contributed by atoms with Gasteiger partial charge >= 0.3 is 0 Å². The van der Waals surface area contributed by atoms with Crippen LogP contribution in [0.25, 0.3) is 11.0 Å². The van der Waals surface area contributed by atoms with Crippen LogP contribution >= 0.6 is 0 Å². The first-order valence-corrected chi connectivity index (χ1v) is 16.2. The van der Waals surface area contributed by atoms with Gasteiger partial charge in [-0.2, -0.15) is 5.10 Å². The molecule has 2 aliphatic heterocycles. The lowest BCUT2D eigenvalue weighted by atomic mass is 9.69. The quantitative estimate of drug-likeness (QED) is 0.335. The minimum absolute atomic E-state index is 0.0540. The van der Waals surface area contributed by atoms with Gasteiger partial charge in [-0.15, -0.1) is 0 Å². The van der Waals surface area contributed by atoms with Crippen LogP contribution in [-0.2, 0) is 29.7 Å². The molecule has 0 unspecified atom stereocenters. The standard InChI is InChI=1S/C34H42N8O3/c1-4-25-6-5-7-26(39-25)21-42-32-27(20-38-42)31(35-22-36-32)40-14-16-41(17-15-40)33(43)23-8-11-34(12-9-23)28-19-30(45-3)29(44-2)18-24(28)10-13-37-34/h5-7,18-20,22-23,37H,4,8-17,21H2,1-3H3/t23-,34-. The second-order valence-corrected chi connectivity index (χ2v) is 12.4. The number of pyridine rings is 1. The number of hydrogen-bond donors (Lipinski definition) is 1. The highest BCUT2D eigenvalue weighted by Crippen LogP contribution is 2.46. The molecule has 1 aliphatic carbocycles. The second kappa shape index (κ2) is 12.3. The number of benzene rings is 1. The maximum Gasteiger partial charge on any atom is 0.225 e. The zero-order chi connectivity index (χ0) is 31.0. The number of aryl methyl sites for hydroxylation is 1. The van der Waals surface area contributed by atoms with Crippen LogP contribution in [0.15, 0.2) is 42.9 Å². The zero-order valence-corrected chi connectivity index (χ0v) is 26.5. The minimum Gasteiger partial charge on any atom is -0.493 e. The maximum atomic E-state index is 13.7. The highest BCUT2D eigenvalue weighted by atomic mass is 16.5. The topological polar surface area (TPSA) is 111 Å². The first kappa shape index (κ1) is 29.5. The smallest absolute Gasteiger partial charge is 0.225 e. The van der Waals surface area contributed by atoms with Gasteiger partial charge in [0.2, 0.25) is 5.91 Å². The van der Waals surface area contributed by atoms with Crippen LogP contribution in [0.4, 0.5) is 5.82 Å². The van der Waals surface area contributed by atoms with Crippen molar-refractivity contribution >= 4 is 22.8 Å². The predicted molar refractivity (Wildman–Crippen MR) is 172 cm³/mol. The number of piperazine rings is 1. The molecule has 1 aromatic carbocycles. The summed E-state index contributed by atoms with van der Waals surface area (Å²) < 4.78 is 13.1. The number of aromatic nitrogens is 5. The van der Waals surface area contributed by atoms with Crippen LogP contribution in [0.1, 0.15) is 55.1 Å². The second-order valence-electron chi connectivity index (χ2n) is 12.4. The molecule has 1 saturated heterocycles. The summed E-state index contributed by atoms with van der Waals surface area (Å²) in [5, 5.41) is 9.39. The highest BCUT2D eigenvalue weighted by Gasteiger charge is 2.43. The number of nitrogens with one attached hydrogen (secondary N) is 1. The third-order valence-electron chi connectivity index (χ3n) is 10.0. The van der Waals surface area contributed by atoms with Crippen LogP contribution in [-0.4, -0.2) is 82.5 Å². The molecule has 3 aromatic heterocycles. The Labute approximate surface area is 264 Å². The fourth-order valence-electron chi connectivity index (χ4n) is 7.52. The summed E-state index contributed by atoms with van der Waals surface area (Å²) in [6.07, 6.45) is 8.96. The lowest BCUT2D eigenvalue weighted by Crippen LogP contribution is -2.53. The number of rotatable bonds is 7. The molecule has 4 aromatic rings. The Morgan fingerprint density at radius 3 is 2.53 bits per heavy atom. The van der Waals surface area contributed by atoms with Gasteiger partial charge in [-0.05, 0) is 73.9 Å². The molecule has 0 radical (unpaired) electrons. The number of ether oxygens (including phenoxy) is 2. The average Bonchev–Trinajstić information content (AvgIpc) is 3.50. The predicted octanol–water partition coefficient (Wildman–Crippen LogP) is 3.73. The fourth-order valence-corrected chi connectivity index (χ4v) is 7.52. The monoisotopic (exact) mass is 610 g/mol. The summed E-state index contributed by atoms with van der Waals surface area (Å²) in [6, 6.07) is 10.4. The van der Waals surface area contributed by atoms with Crippen molar-refractivity contribution in [2.45, 2.75) is 57.5 Å². The zero-order valence-electron chi connectivity index (χ0n) is 26.5. The first-order chi connectivity index (χ1) is 22.0. The van der Waals surface area contributed by atoms with Crippen molar-refractivity contribution in [1.82, 2.24) is 34.9 Å². The van der Waals surface area contributed by atoms with E-state index in [-0.39, 0.29) is 17.4 Å². The van der Waals surface area contributed by atoms with Gasteiger partial charge in [0.15, 0.2) is 17.1 Å². The number of anilines is 1. The molecule has 1 amide bonds. The third kappa shape index (κ3) is 5.47. The van der Waals surface area contributed by atoms with Crippen molar-refractivity contribution in [3.05, 3.63) is 65.4 Å². The molecule has 0 bridgehead atoms. The number of hydrogen-bond acceptors (Lipinski definition) is 9. The number of nitrogens with zero attached hydrogens (tertiary/aromatic N) is 7. The average molecular weight is 611 g/mol. The Morgan fingerprint density at radius 1 is 1.02 bits per heavy atom. The molecule has 7 rings (SSSR count). The molecule has 5 heterocycles. The Kier molecular flexibility index (Phi) is 8.03. The van der Waals surface area contributed by atoms with Gasteiger partial charge in [-0.25, -0.2) is 14.6 Å². The minimum atomic E-state index is -0.111. The lowest BCUT2D eigenvalue weighted by molar-refractivity contribution is -0.137. The Morgan fingerprint density at radius 2 is 1.78 bits per heavy atom. The van der Waals surface area contributed by atoms with Crippen molar-refractivity contribution in [1.29, 1.82) is 0 Å². The van der Waals surface area contributed by atoms with Crippen LogP contribution < -0.4 is 19.7 Å². The van der Waals surface area contributed by atoms with Crippen LogP contribution in [0.5, 0.6) is 11.5 Å². The van der Waals surface area contributed by atoms with E-state index in [1.165, 1.54) is 11.1 Å². The normalized spacial score (nSPS) is 21.6. The van der Waals surface area contributed by atoms with E-state index in [2.05, 4.69) is 49.2 Å². The van der Waals surface area contributed by atoms with E-state index in [1.54, 1.807) is 20.5 Å². The summed E-state index contributed by atoms with van der Waals surface area (Å²) in [7, 11) is 3.38. The van der Waals surface area contributed by atoms with E-state index in [9.17, 15) is 4.79 Å². The molecule has 1 N–H and O–H groups in total. The van der Waals surface area contributed by atoms with Gasteiger partial charge in [0.25, 0.3) is 0 Å². The van der Waals surface area contributed by atoms with Gasteiger partial charge in [0, 0.05) is 49.9 Å². The van der Waals surface area contributed by atoms with E-state index >= 15 is 0 Å². The molecule has 1 saturated carbocycles. The van der Waals surface area contributed by atoms with E-state index < -0.39 is 0 Å². The van der Waals surface area contributed by atoms with Gasteiger partial charge in [0.05, 0.1) is 38.0 Å². The number of carbonyl (C=O) groups is 1. The van der Waals surface area contributed by atoms with Crippen molar-refractivity contribution in [3.63, 3.8) is 0 Å². The number of methoxy groups -OCH3 is 2.